The molecule has 0 unspecified atom stereocenters. The van der Waals surface area contributed by atoms with E-state index < -0.39 is 0 Å². The highest BCUT2D eigenvalue weighted by Crippen LogP contribution is 2.05. The minimum absolute atomic E-state index is 0.189. The van der Waals surface area contributed by atoms with E-state index in [0.29, 0.717) is 12.2 Å². The first-order chi connectivity index (χ1) is 6.63. The summed E-state index contributed by atoms with van der Waals surface area (Å²) in [5.74, 6) is 0. The van der Waals surface area contributed by atoms with Gasteiger partial charge in [0.05, 0.1) is 18.8 Å². The normalized spacial score (nSPS) is 12.8. The predicted molar refractivity (Wildman–Crippen MR) is 58.7 cm³/mol. The van der Waals surface area contributed by atoms with E-state index in [1.54, 1.807) is 18.2 Å². The van der Waals surface area contributed by atoms with Crippen LogP contribution in [-0.2, 0) is 4.74 Å². The first kappa shape index (κ1) is 12.7. The molecule has 0 aromatic carbocycles. The van der Waals surface area contributed by atoms with Crippen LogP contribution in [0.3, 0.4) is 0 Å². The second-order valence-corrected chi connectivity index (χ2v) is 3.14. The summed E-state index contributed by atoms with van der Waals surface area (Å²) in [7, 11) is 0. The zero-order chi connectivity index (χ0) is 11.0. The highest BCUT2D eigenvalue weighted by atomic mass is 16.5. The van der Waals surface area contributed by atoms with Gasteiger partial charge in [-0.3, -0.25) is 0 Å². The summed E-state index contributed by atoms with van der Waals surface area (Å²) >= 11 is 0. The summed E-state index contributed by atoms with van der Waals surface area (Å²) in [5, 5.41) is 8.71. The molecule has 0 amide bonds. The number of hydrogen-bond acceptors (Lipinski definition) is 2. The van der Waals surface area contributed by atoms with E-state index in [9.17, 15) is 0 Å². The second kappa shape index (κ2) is 7.11. The molecule has 0 saturated carbocycles. The van der Waals surface area contributed by atoms with E-state index in [-0.39, 0.29) is 6.10 Å². The van der Waals surface area contributed by atoms with E-state index in [2.05, 4.69) is 12.6 Å². The quantitative estimate of drug-likeness (QED) is 0.494. The molecule has 76 valence electrons. The van der Waals surface area contributed by atoms with Gasteiger partial charge in [0.2, 0.25) is 0 Å². The zero-order valence-corrected chi connectivity index (χ0v) is 9.08. The van der Waals surface area contributed by atoms with Crippen molar-refractivity contribution in [3.05, 3.63) is 36.0 Å². The molecule has 2 nitrogen and oxygen atoms in total. The van der Waals surface area contributed by atoms with Gasteiger partial charge in [-0.05, 0) is 32.4 Å². The Labute approximate surface area is 86.2 Å². The van der Waals surface area contributed by atoms with Crippen LogP contribution in [-0.4, -0.2) is 12.7 Å². The zero-order valence-electron chi connectivity index (χ0n) is 9.08. The van der Waals surface area contributed by atoms with Gasteiger partial charge in [0, 0.05) is 5.57 Å². The molecule has 0 aromatic heterocycles. The third-order valence-electron chi connectivity index (χ3n) is 1.63. The molecule has 0 saturated heterocycles. The van der Waals surface area contributed by atoms with Crippen LogP contribution in [0.25, 0.3) is 0 Å². The van der Waals surface area contributed by atoms with Crippen molar-refractivity contribution in [2.75, 3.05) is 6.61 Å². The van der Waals surface area contributed by atoms with Gasteiger partial charge in [-0.2, -0.15) is 5.26 Å². The lowest BCUT2D eigenvalue weighted by Gasteiger charge is -2.07. The van der Waals surface area contributed by atoms with Crippen LogP contribution in [0.1, 0.15) is 20.8 Å². The Kier molecular flexibility index (Phi) is 6.43. The van der Waals surface area contributed by atoms with Crippen molar-refractivity contribution in [3.63, 3.8) is 0 Å². The van der Waals surface area contributed by atoms with Gasteiger partial charge < -0.3 is 4.74 Å². The molecule has 0 aromatic rings. The van der Waals surface area contributed by atoms with Crippen molar-refractivity contribution in [1.29, 1.82) is 5.26 Å². The molecule has 0 fully saturated rings. The maximum atomic E-state index is 8.71. The third-order valence-corrected chi connectivity index (χ3v) is 1.63. The first-order valence-corrected chi connectivity index (χ1v) is 4.65. The lowest BCUT2D eigenvalue weighted by molar-refractivity contribution is 0.0988. The fourth-order valence-corrected chi connectivity index (χ4v) is 0.802. The third kappa shape index (κ3) is 5.34. The highest BCUT2D eigenvalue weighted by molar-refractivity contribution is 5.38. The topological polar surface area (TPSA) is 33.0 Å². The van der Waals surface area contributed by atoms with Crippen molar-refractivity contribution >= 4 is 0 Å². The molecule has 2 heteroatoms. The van der Waals surface area contributed by atoms with Crippen molar-refractivity contribution < 1.29 is 4.74 Å². The monoisotopic (exact) mass is 191 g/mol. The summed E-state index contributed by atoms with van der Waals surface area (Å²) in [5.41, 5.74) is 1.56. The van der Waals surface area contributed by atoms with Gasteiger partial charge in [0.15, 0.2) is 0 Å². The van der Waals surface area contributed by atoms with Crippen molar-refractivity contribution in [2.24, 2.45) is 0 Å². The maximum Gasteiger partial charge on any atom is 0.0988 e. The fraction of sp³-hybridized carbons (Fsp3) is 0.417. The minimum atomic E-state index is 0.189. The fourth-order valence-electron chi connectivity index (χ4n) is 0.802. The van der Waals surface area contributed by atoms with Gasteiger partial charge in [-0.1, -0.05) is 18.7 Å². The molecule has 0 heterocycles. The number of nitriles is 1. The lowest BCUT2D eigenvalue weighted by Crippen LogP contribution is -2.05. The molecule has 0 aliphatic heterocycles. The van der Waals surface area contributed by atoms with Crippen molar-refractivity contribution in [1.82, 2.24) is 0 Å². The highest BCUT2D eigenvalue weighted by Gasteiger charge is 1.97. The van der Waals surface area contributed by atoms with Gasteiger partial charge in [-0.15, -0.1) is 0 Å². The summed E-state index contributed by atoms with van der Waals surface area (Å²) in [6.07, 6.45) is 5.45. The minimum Gasteiger partial charge on any atom is -0.374 e. The maximum absolute atomic E-state index is 8.71. The van der Waals surface area contributed by atoms with Gasteiger partial charge >= 0.3 is 0 Å². The number of allylic oxidation sites excluding steroid dienone is 3. The summed E-state index contributed by atoms with van der Waals surface area (Å²) in [6.45, 7) is 9.96. The van der Waals surface area contributed by atoms with E-state index in [1.165, 1.54) is 0 Å². The lowest BCUT2D eigenvalue weighted by atomic mass is 10.1. The SMILES string of the molecule is C=C/C(=C\C(C#N)=C/C)COC(C)C. The summed E-state index contributed by atoms with van der Waals surface area (Å²) in [4.78, 5) is 0. The standard InChI is InChI=1S/C12H17NO/c1-5-11(8-13)7-12(6-2)9-14-10(3)4/h5-7,10H,2,9H2,1,3-4H3/b11-5+,12-7+. The van der Waals surface area contributed by atoms with Gasteiger partial charge in [-0.25, -0.2) is 0 Å². The molecule has 14 heavy (non-hydrogen) atoms. The Bertz CT molecular complexity index is 279. The van der Waals surface area contributed by atoms with Crippen LogP contribution in [0.2, 0.25) is 0 Å². The smallest absolute Gasteiger partial charge is 0.0988 e. The van der Waals surface area contributed by atoms with Crippen molar-refractivity contribution in [2.45, 2.75) is 26.9 Å². The average molecular weight is 191 g/mol. The molecular weight excluding hydrogens is 174 g/mol. The Hall–Kier alpha value is -1.33. The van der Waals surface area contributed by atoms with E-state index in [1.807, 2.05) is 20.8 Å². The number of rotatable bonds is 5. The predicted octanol–water partition coefficient (Wildman–Crippen LogP) is 2.99. The van der Waals surface area contributed by atoms with E-state index in [4.69, 9.17) is 10.00 Å². The van der Waals surface area contributed by atoms with Crippen LogP contribution >= 0.6 is 0 Å². The van der Waals surface area contributed by atoms with Gasteiger partial charge in [0.1, 0.15) is 0 Å². The molecule has 0 aliphatic rings. The van der Waals surface area contributed by atoms with Gasteiger partial charge in [0.25, 0.3) is 0 Å². The molecule has 0 rings (SSSR count). The molecule has 0 atom stereocenters. The average Bonchev–Trinajstić information content (AvgIpc) is 2.18. The summed E-state index contributed by atoms with van der Waals surface area (Å²) < 4.78 is 5.41. The molecule has 0 aliphatic carbocycles. The molecule has 0 spiro atoms. The number of nitrogens with zero attached hydrogens (tertiary/aromatic N) is 1. The molecule has 0 N–H and O–H groups in total. The van der Waals surface area contributed by atoms with Crippen LogP contribution in [0, 0.1) is 11.3 Å². The Balaban J connectivity index is 4.41. The Morgan fingerprint density at radius 2 is 2.21 bits per heavy atom. The van der Waals surface area contributed by atoms with Crippen LogP contribution < -0.4 is 0 Å². The Morgan fingerprint density at radius 1 is 1.57 bits per heavy atom. The van der Waals surface area contributed by atoms with Crippen LogP contribution in [0.15, 0.2) is 36.0 Å². The molecule has 0 radical (unpaired) electrons. The molecule has 0 bridgehead atoms. The molecular formula is C12H17NO. The summed E-state index contributed by atoms with van der Waals surface area (Å²) in [6, 6.07) is 2.09. The first-order valence-electron chi connectivity index (χ1n) is 4.65. The van der Waals surface area contributed by atoms with Crippen LogP contribution in [0.5, 0.6) is 0 Å². The largest absolute Gasteiger partial charge is 0.374 e. The Morgan fingerprint density at radius 3 is 2.57 bits per heavy atom. The van der Waals surface area contributed by atoms with E-state index in [0.717, 1.165) is 5.57 Å². The van der Waals surface area contributed by atoms with E-state index >= 15 is 0 Å². The second-order valence-electron chi connectivity index (χ2n) is 3.14. The number of hydrogen-bond donors (Lipinski definition) is 0. The van der Waals surface area contributed by atoms with Crippen LogP contribution in [0.4, 0.5) is 0 Å². The number of ether oxygens (including phenoxy) is 1. The van der Waals surface area contributed by atoms with Crippen molar-refractivity contribution in [3.8, 4) is 6.07 Å².